The molecule has 0 aromatic heterocycles. The highest BCUT2D eigenvalue weighted by molar-refractivity contribution is 6.06. The fourth-order valence-electron chi connectivity index (χ4n) is 2.78. The molecule has 0 aromatic rings. The number of hydrogen-bond donors (Lipinski definition) is 2. The zero-order valence-corrected chi connectivity index (χ0v) is 11.9. The van der Waals surface area contributed by atoms with Crippen LogP contribution in [0.2, 0.25) is 0 Å². The summed E-state index contributed by atoms with van der Waals surface area (Å²) >= 11 is 0. The third-order valence-electron chi connectivity index (χ3n) is 3.98. The average molecular weight is 297 g/mol. The van der Waals surface area contributed by atoms with Gasteiger partial charge in [0.15, 0.2) is 0 Å². The van der Waals surface area contributed by atoms with Crippen LogP contribution >= 0.6 is 0 Å². The predicted molar refractivity (Wildman–Crippen MR) is 71.3 cm³/mol. The van der Waals surface area contributed by atoms with Gasteiger partial charge < -0.3 is 15.3 Å². The van der Waals surface area contributed by atoms with E-state index in [1.54, 1.807) is 0 Å². The maximum Gasteiger partial charge on any atom is 0.318 e. The van der Waals surface area contributed by atoms with Gasteiger partial charge in [0.25, 0.3) is 5.91 Å². The summed E-state index contributed by atoms with van der Waals surface area (Å²) in [5, 5.41) is 11.4. The molecule has 2 atom stereocenters. The number of imide groups is 1. The van der Waals surface area contributed by atoms with Crippen LogP contribution in [0.5, 0.6) is 0 Å². The first kappa shape index (κ1) is 15.3. The largest absolute Gasteiger partial charge is 0.481 e. The van der Waals surface area contributed by atoms with Crippen LogP contribution in [0.3, 0.4) is 0 Å². The number of carboxylic acid groups (broad SMARTS) is 1. The second-order valence-electron chi connectivity index (χ2n) is 5.44. The van der Waals surface area contributed by atoms with E-state index in [0.717, 1.165) is 17.7 Å². The third kappa shape index (κ3) is 3.32. The van der Waals surface area contributed by atoms with Gasteiger partial charge in [-0.1, -0.05) is 0 Å². The summed E-state index contributed by atoms with van der Waals surface area (Å²) in [5.74, 6) is -1.71. The van der Waals surface area contributed by atoms with Crippen molar-refractivity contribution in [2.24, 2.45) is 0 Å². The molecule has 2 aliphatic heterocycles. The molecular formula is C13H19N3O5. The fraction of sp³-hybridized carbons (Fsp3) is 0.692. The molecule has 0 bridgehead atoms. The second kappa shape index (κ2) is 6.11. The molecule has 0 radical (unpaired) electrons. The minimum atomic E-state index is -0.952. The van der Waals surface area contributed by atoms with Crippen LogP contribution < -0.4 is 5.32 Å². The fourth-order valence-corrected chi connectivity index (χ4v) is 2.78. The van der Waals surface area contributed by atoms with Crippen LogP contribution in [0.25, 0.3) is 0 Å². The Morgan fingerprint density at radius 2 is 2.05 bits per heavy atom. The van der Waals surface area contributed by atoms with Gasteiger partial charge in [-0.3, -0.25) is 19.3 Å². The second-order valence-corrected chi connectivity index (χ2v) is 5.44. The molecule has 2 rings (SSSR count). The van der Waals surface area contributed by atoms with Crippen molar-refractivity contribution in [1.82, 2.24) is 15.1 Å². The summed E-state index contributed by atoms with van der Waals surface area (Å²) in [5.41, 5.74) is 0. The number of carbonyl (C=O) groups is 4. The Bertz CT molecular complexity index is 478. The minimum absolute atomic E-state index is 0.0431. The van der Waals surface area contributed by atoms with Crippen LogP contribution in [0.1, 0.15) is 32.1 Å². The van der Waals surface area contributed by atoms with Gasteiger partial charge in [0, 0.05) is 19.6 Å². The quantitative estimate of drug-likeness (QED) is 0.700. The van der Waals surface area contributed by atoms with Crippen molar-refractivity contribution in [2.45, 2.75) is 44.2 Å². The van der Waals surface area contributed by atoms with Crippen molar-refractivity contribution in [1.29, 1.82) is 0 Å². The van der Waals surface area contributed by atoms with Gasteiger partial charge in [0.05, 0.1) is 12.8 Å². The third-order valence-corrected chi connectivity index (χ3v) is 3.98. The zero-order valence-electron chi connectivity index (χ0n) is 11.9. The number of amides is 4. The number of carbonyl (C=O) groups excluding carboxylic acids is 3. The first-order chi connectivity index (χ1) is 9.90. The van der Waals surface area contributed by atoms with Crippen LogP contribution in [-0.4, -0.2) is 64.4 Å². The molecule has 2 heterocycles. The summed E-state index contributed by atoms with van der Waals surface area (Å²) in [7, 11) is 1.38. The van der Waals surface area contributed by atoms with Crippen LogP contribution in [0.15, 0.2) is 0 Å². The monoisotopic (exact) mass is 297 g/mol. The Balaban J connectivity index is 1.99. The Hall–Kier alpha value is -2.12. The summed E-state index contributed by atoms with van der Waals surface area (Å²) in [6.07, 6.45) is 2.17. The van der Waals surface area contributed by atoms with Crippen LogP contribution in [0, 0.1) is 0 Å². The molecule has 8 heteroatoms. The van der Waals surface area contributed by atoms with Crippen LogP contribution in [-0.2, 0) is 14.4 Å². The highest BCUT2D eigenvalue weighted by Crippen LogP contribution is 2.20. The lowest BCUT2D eigenvalue weighted by Crippen LogP contribution is -2.53. The molecule has 0 spiro atoms. The van der Waals surface area contributed by atoms with Gasteiger partial charge in [-0.2, -0.15) is 0 Å². The number of aliphatic carboxylic acids is 1. The Kier molecular flexibility index (Phi) is 4.44. The summed E-state index contributed by atoms with van der Waals surface area (Å²) in [6, 6.07) is -1.68. The summed E-state index contributed by atoms with van der Waals surface area (Å²) in [6.45, 7) is 0.467. The molecule has 2 fully saturated rings. The Morgan fingerprint density at radius 3 is 2.62 bits per heavy atom. The number of nitrogens with one attached hydrogen (secondary N) is 1. The number of likely N-dealkylation sites (N-methyl/N-ethyl adjacent to an activating group) is 1. The van der Waals surface area contributed by atoms with E-state index in [9.17, 15) is 19.2 Å². The molecule has 0 aliphatic carbocycles. The molecule has 116 valence electrons. The maximum atomic E-state index is 12.2. The van der Waals surface area contributed by atoms with Gasteiger partial charge in [-0.15, -0.1) is 0 Å². The highest BCUT2D eigenvalue weighted by Gasteiger charge is 2.38. The zero-order chi connectivity index (χ0) is 15.6. The lowest BCUT2D eigenvalue weighted by molar-refractivity contribution is -0.139. The number of piperidine rings is 1. The predicted octanol–water partition coefficient (Wildman–Crippen LogP) is -0.217. The number of hydrogen-bond acceptors (Lipinski definition) is 4. The van der Waals surface area contributed by atoms with Crippen molar-refractivity contribution in [3.8, 4) is 0 Å². The lowest BCUT2D eigenvalue weighted by atomic mass is 10.00. The molecule has 2 aliphatic rings. The van der Waals surface area contributed by atoms with Crippen molar-refractivity contribution in [2.75, 3.05) is 13.6 Å². The van der Waals surface area contributed by atoms with E-state index in [-0.39, 0.29) is 24.8 Å². The smallest absolute Gasteiger partial charge is 0.318 e. The van der Waals surface area contributed by atoms with Crippen LogP contribution in [0.4, 0.5) is 4.79 Å². The standard InChI is InChI=1S/C13H19N3O5/c1-15-10(17)7-9(12(15)20)14-13(21)16-5-3-2-4-8(16)6-11(18)19/h8-9H,2-7H2,1H3,(H,14,21)(H,18,19). The number of nitrogens with zero attached hydrogens (tertiary/aromatic N) is 2. The summed E-state index contributed by atoms with van der Waals surface area (Å²) < 4.78 is 0. The van der Waals surface area contributed by atoms with Gasteiger partial charge >= 0.3 is 12.0 Å². The molecule has 2 saturated heterocycles. The Morgan fingerprint density at radius 1 is 1.33 bits per heavy atom. The molecular weight excluding hydrogens is 278 g/mol. The van der Waals surface area contributed by atoms with E-state index < -0.39 is 23.9 Å². The minimum Gasteiger partial charge on any atom is -0.481 e. The van der Waals surface area contributed by atoms with Gasteiger partial charge in [0.2, 0.25) is 5.91 Å². The molecule has 8 nitrogen and oxygen atoms in total. The average Bonchev–Trinajstić information content (AvgIpc) is 2.66. The van der Waals surface area contributed by atoms with E-state index in [2.05, 4.69) is 5.32 Å². The number of likely N-dealkylation sites (tertiary alicyclic amines) is 2. The van der Waals surface area contributed by atoms with Crippen molar-refractivity contribution in [3.05, 3.63) is 0 Å². The molecule has 21 heavy (non-hydrogen) atoms. The first-order valence-electron chi connectivity index (χ1n) is 6.99. The van der Waals surface area contributed by atoms with Crippen molar-refractivity contribution < 1.29 is 24.3 Å². The van der Waals surface area contributed by atoms with E-state index in [1.165, 1.54) is 11.9 Å². The van der Waals surface area contributed by atoms with E-state index in [4.69, 9.17) is 5.11 Å². The molecule has 0 saturated carbocycles. The van der Waals surface area contributed by atoms with E-state index >= 15 is 0 Å². The van der Waals surface area contributed by atoms with Crippen molar-refractivity contribution >= 4 is 23.8 Å². The summed E-state index contributed by atoms with van der Waals surface area (Å²) in [4.78, 5) is 48.8. The van der Waals surface area contributed by atoms with Gasteiger partial charge in [0.1, 0.15) is 6.04 Å². The first-order valence-corrected chi connectivity index (χ1v) is 6.99. The van der Waals surface area contributed by atoms with E-state index in [0.29, 0.717) is 13.0 Å². The van der Waals surface area contributed by atoms with Gasteiger partial charge in [-0.05, 0) is 19.3 Å². The number of carboxylic acids is 1. The lowest BCUT2D eigenvalue weighted by Gasteiger charge is -2.35. The maximum absolute atomic E-state index is 12.2. The normalized spacial score (nSPS) is 26.1. The number of urea groups is 1. The molecule has 2 N–H and O–H groups in total. The van der Waals surface area contributed by atoms with Gasteiger partial charge in [-0.25, -0.2) is 4.79 Å². The number of rotatable bonds is 3. The van der Waals surface area contributed by atoms with E-state index in [1.807, 2.05) is 0 Å². The molecule has 4 amide bonds. The van der Waals surface area contributed by atoms with Crippen molar-refractivity contribution in [3.63, 3.8) is 0 Å². The SMILES string of the molecule is CN1C(=O)CC(NC(=O)N2CCCCC2CC(=O)O)C1=O. The molecule has 2 unspecified atom stereocenters. The topological polar surface area (TPSA) is 107 Å². The molecule has 0 aromatic carbocycles. The Labute approximate surface area is 122 Å². The highest BCUT2D eigenvalue weighted by atomic mass is 16.4.